The molecule has 1 fully saturated rings. The second-order valence-corrected chi connectivity index (χ2v) is 6.58. The van der Waals surface area contributed by atoms with Crippen LogP contribution in [0.1, 0.15) is 45.1 Å². The molecule has 0 amide bonds. The zero-order valence-electron chi connectivity index (χ0n) is 14.2. The van der Waals surface area contributed by atoms with E-state index in [0.717, 1.165) is 23.8 Å². The average Bonchev–Trinajstić information content (AvgIpc) is 2.55. The first-order valence-corrected chi connectivity index (χ1v) is 8.95. The maximum absolute atomic E-state index is 6.43. The fraction of sp³-hybridized carbons (Fsp3) is 0.579. The van der Waals surface area contributed by atoms with Gasteiger partial charge in [0.1, 0.15) is 6.61 Å². The van der Waals surface area contributed by atoms with Crippen molar-refractivity contribution in [2.24, 2.45) is 5.92 Å². The Hall–Kier alpha value is -1.19. The molecule has 0 unspecified atom stereocenters. The van der Waals surface area contributed by atoms with Crippen molar-refractivity contribution in [3.05, 3.63) is 35.4 Å². The highest BCUT2D eigenvalue weighted by Crippen LogP contribution is 2.34. The van der Waals surface area contributed by atoms with Gasteiger partial charge in [-0.2, -0.15) is 0 Å². The molecule has 0 aliphatic heterocycles. The molecule has 1 aromatic rings. The Morgan fingerprint density at radius 1 is 1.26 bits per heavy atom. The lowest BCUT2D eigenvalue weighted by Crippen LogP contribution is -2.36. The first kappa shape index (κ1) is 18.2. The highest BCUT2D eigenvalue weighted by atomic mass is 35.5. The van der Waals surface area contributed by atoms with Crippen molar-refractivity contribution >= 4 is 11.6 Å². The van der Waals surface area contributed by atoms with Gasteiger partial charge in [-0.15, -0.1) is 0 Å². The second-order valence-electron chi connectivity index (χ2n) is 6.17. The maximum atomic E-state index is 6.43. The molecule has 1 aliphatic carbocycles. The third kappa shape index (κ3) is 5.15. The summed E-state index contributed by atoms with van der Waals surface area (Å²) in [5.74, 6) is 2.14. The second kappa shape index (κ2) is 9.19. The number of hydrogen-bond acceptors (Lipinski definition) is 3. The third-order valence-corrected chi connectivity index (χ3v) is 4.79. The monoisotopic (exact) mass is 337 g/mol. The van der Waals surface area contributed by atoms with Crippen molar-refractivity contribution in [3.8, 4) is 11.5 Å². The quantitative estimate of drug-likeness (QED) is 0.679. The standard InChI is InChI=1S/C19H28ClNO2/c1-4-10-23-19-12-16(20)15(11-18(19)22-5-2)13-21-17-9-7-6-8-14(17)3/h4,11-12,14,17,21H,1,5-10,13H2,2-3H3/t14-,17+/m0/s1. The smallest absolute Gasteiger partial charge is 0.163 e. The lowest BCUT2D eigenvalue weighted by Gasteiger charge is -2.30. The molecular weight excluding hydrogens is 310 g/mol. The van der Waals surface area contributed by atoms with E-state index in [1.165, 1.54) is 25.7 Å². The molecule has 4 heteroatoms. The van der Waals surface area contributed by atoms with E-state index in [9.17, 15) is 0 Å². The summed E-state index contributed by atoms with van der Waals surface area (Å²) in [6.07, 6.45) is 6.93. The van der Waals surface area contributed by atoms with Crippen LogP contribution >= 0.6 is 11.6 Å². The SMILES string of the molecule is C=CCOc1cc(Cl)c(CN[C@@H]2CCCC[C@@H]2C)cc1OCC. The molecule has 1 saturated carbocycles. The van der Waals surface area contributed by atoms with E-state index < -0.39 is 0 Å². The van der Waals surface area contributed by atoms with Gasteiger partial charge in [0.25, 0.3) is 0 Å². The molecule has 3 nitrogen and oxygen atoms in total. The van der Waals surface area contributed by atoms with Crippen molar-refractivity contribution in [2.45, 2.75) is 52.1 Å². The highest BCUT2D eigenvalue weighted by molar-refractivity contribution is 6.31. The van der Waals surface area contributed by atoms with Crippen molar-refractivity contribution in [1.29, 1.82) is 0 Å². The van der Waals surface area contributed by atoms with Gasteiger partial charge in [-0.25, -0.2) is 0 Å². The summed E-state index contributed by atoms with van der Waals surface area (Å²) in [6, 6.07) is 4.41. The van der Waals surface area contributed by atoms with Gasteiger partial charge in [0.05, 0.1) is 6.61 Å². The van der Waals surface area contributed by atoms with Gasteiger partial charge in [0, 0.05) is 23.7 Å². The van der Waals surface area contributed by atoms with Gasteiger partial charge in [-0.05, 0) is 37.3 Å². The first-order chi connectivity index (χ1) is 11.2. The molecular formula is C19H28ClNO2. The molecule has 1 aromatic carbocycles. The largest absolute Gasteiger partial charge is 0.490 e. The van der Waals surface area contributed by atoms with Crippen LogP contribution in [0.4, 0.5) is 0 Å². The first-order valence-electron chi connectivity index (χ1n) is 8.58. The Morgan fingerprint density at radius 3 is 2.70 bits per heavy atom. The maximum Gasteiger partial charge on any atom is 0.163 e. The van der Waals surface area contributed by atoms with E-state index in [1.807, 2.05) is 19.1 Å². The molecule has 1 N–H and O–H groups in total. The fourth-order valence-electron chi connectivity index (χ4n) is 3.10. The van der Waals surface area contributed by atoms with E-state index in [-0.39, 0.29) is 0 Å². The van der Waals surface area contributed by atoms with E-state index in [2.05, 4.69) is 18.8 Å². The Morgan fingerprint density at radius 2 is 2.00 bits per heavy atom. The minimum atomic E-state index is 0.438. The van der Waals surface area contributed by atoms with Gasteiger partial charge in [-0.3, -0.25) is 0 Å². The number of hydrogen-bond donors (Lipinski definition) is 1. The highest BCUT2D eigenvalue weighted by Gasteiger charge is 2.21. The van der Waals surface area contributed by atoms with Crippen LogP contribution in [0, 0.1) is 5.92 Å². The molecule has 2 rings (SSSR count). The van der Waals surface area contributed by atoms with Crippen molar-refractivity contribution in [3.63, 3.8) is 0 Å². The number of halogens is 1. The van der Waals surface area contributed by atoms with Crippen LogP contribution in [0.25, 0.3) is 0 Å². The molecule has 128 valence electrons. The predicted octanol–water partition coefficient (Wildman–Crippen LogP) is 4.97. The number of nitrogens with one attached hydrogen (secondary N) is 1. The molecule has 0 heterocycles. The van der Waals surface area contributed by atoms with Crippen LogP contribution in [0.3, 0.4) is 0 Å². The Kier molecular flexibility index (Phi) is 7.25. The van der Waals surface area contributed by atoms with Crippen molar-refractivity contribution < 1.29 is 9.47 Å². The van der Waals surface area contributed by atoms with Crippen molar-refractivity contribution in [1.82, 2.24) is 5.32 Å². The van der Waals surface area contributed by atoms with Crippen LogP contribution in [-0.4, -0.2) is 19.3 Å². The minimum Gasteiger partial charge on any atom is -0.490 e. The van der Waals surface area contributed by atoms with Gasteiger partial charge in [-0.1, -0.05) is 44.0 Å². The van der Waals surface area contributed by atoms with Gasteiger partial charge in [0.15, 0.2) is 11.5 Å². The number of benzene rings is 1. The van der Waals surface area contributed by atoms with E-state index in [4.69, 9.17) is 21.1 Å². The van der Waals surface area contributed by atoms with Crippen LogP contribution in [0.2, 0.25) is 5.02 Å². The topological polar surface area (TPSA) is 30.5 Å². The molecule has 0 spiro atoms. The van der Waals surface area contributed by atoms with E-state index in [0.29, 0.717) is 30.0 Å². The molecule has 0 radical (unpaired) electrons. The van der Waals surface area contributed by atoms with Gasteiger partial charge < -0.3 is 14.8 Å². The van der Waals surface area contributed by atoms with Crippen LogP contribution < -0.4 is 14.8 Å². The zero-order chi connectivity index (χ0) is 16.7. The lowest BCUT2D eigenvalue weighted by molar-refractivity contribution is 0.278. The summed E-state index contributed by atoms with van der Waals surface area (Å²) in [5, 5.41) is 4.38. The summed E-state index contributed by atoms with van der Waals surface area (Å²) in [5.41, 5.74) is 1.05. The number of rotatable bonds is 8. The zero-order valence-corrected chi connectivity index (χ0v) is 15.0. The Labute approximate surface area is 145 Å². The van der Waals surface area contributed by atoms with Gasteiger partial charge in [0.2, 0.25) is 0 Å². The summed E-state index contributed by atoms with van der Waals surface area (Å²) < 4.78 is 11.3. The average molecular weight is 338 g/mol. The molecule has 0 aromatic heterocycles. The lowest BCUT2D eigenvalue weighted by atomic mass is 9.86. The van der Waals surface area contributed by atoms with Gasteiger partial charge >= 0.3 is 0 Å². The number of ether oxygens (including phenoxy) is 2. The fourth-order valence-corrected chi connectivity index (χ4v) is 3.32. The summed E-state index contributed by atoms with van der Waals surface area (Å²) in [7, 11) is 0. The normalized spacial score (nSPS) is 21.0. The molecule has 0 saturated heterocycles. The Bertz CT molecular complexity index is 518. The van der Waals surface area contributed by atoms with Crippen molar-refractivity contribution in [2.75, 3.05) is 13.2 Å². The Balaban J connectivity index is 2.08. The molecule has 23 heavy (non-hydrogen) atoms. The van der Waals surface area contributed by atoms with E-state index in [1.54, 1.807) is 6.08 Å². The van der Waals surface area contributed by atoms with Crippen LogP contribution in [-0.2, 0) is 6.54 Å². The molecule has 2 atom stereocenters. The van der Waals surface area contributed by atoms with Crippen LogP contribution in [0.15, 0.2) is 24.8 Å². The summed E-state index contributed by atoms with van der Waals surface area (Å²) in [4.78, 5) is 0. The predicted molar refractivity (Wildman–Crippen MR) is 96.6 cm³/mol. The van der Waals surface area contributed by atoms with E-state index >= 15 is 0 Å². The summed E-state index contributed by atoms with van der Waals surface area (Å²) in [6.45, 7) is 9.76. The van der Waals surface area contributed by atoms with Crippen LogP contribution in [0.5, 0.6) is 11.5 Å². The molecule has 0 bridgehead atoms. The minimum absolute atomic E-state index is 0.438. The summed E-state index contributed by atoms with van der Waals surface area (Å²) >= 11 is 6.43. The molecule has 1 aliphatic rings. The third-order valence-electron chi connectivity index (χ3n) is 4.44.